The third-order valence-corrected chi connectivity index (χ3v) is 2.94. The highest BCUT2D eigenvalue weighted by atomic mass is 19.1. The van der Waals surface area contributed by atoms with Crippen molar-refractivity contribution >= 4 is 17.7 Å². The maximum Gasteiger partial charge on any atom is 0.250 e. The van der Waals surface area contributed by atoms with E-state index >= 15 is 0 Å². The van der Waals surface area contributed by atoms with Gasteiger partial charge in [0, 0.05) is 18.3 Å². The number of carbonyl (C=O) groups excluding carboxylic acids is 1. The monoisotopic (exact) mass is 269 g/mol. The molecule has 0 bridgehead atoms. The molecule has 0 spiro atoms. The van der Waals surface area contributed by atoms with E-state index in [-0.39, 0.29) is 11.7 Å². The number of anilines is 1. The van der Waals surface area contributed by atoms with Gasteiger partial charge in [-0.25, -0.2) is 4.39 Å². The van der Waals surface area contributed by atoms with Gasteiger partial charge in [0.1, 0.15) is 5.82 Å². The van der Waals surface area contributed by atoms with Crippen LogP contribution >= 0.6 is 0 Å². The Labute approximate surface area is 118 Å². The van der Waals surface area contributed by atoms with Crippen LogP contribution in [0, 0.1) is 5.82 Å². The first kappa shape index (κ1) is 14.0. The summed E-state index contributed by atoms with van der Waals surface area (Å²) in [5, 5.41) is 0. The average Bonchev–Trinajstić information content (AvgIpc) is 2.49. The number of halogens is 1. The van der Waals surface area contributed by atoms with Crippen molar-refractivity contribution in [1.29, 1.82) is 0 Å². The molecule has 0 aromatic heterocycles. The van der Waals surface area contributed by atoms with Gasteiger partial charge in [-0.15, -0.1) is 0 Å². The molecular formula is C17H16FNO. The molecule has 1 amide bonds. The molecule has 0 radical (unpaired) electrons. The van der Waals surface area contributed by atoms with Crippen molar-refractivity contribution in [3.8, 4) is 0 Å². The maximum absolute atomic E-state index is 12.9. The second-order valence-corrected chi connectivity index (χ2v) is 4.30. The fourth-order valence-corrected chi connectivity index (χ4v) is 1.91. The van der Waals surface area contributed by atoms with Gasteiger partial charge in [-0.3, -0.25) is 4.79 Å². The van der Waals surface area contributed by atoms with Crippen LogP contribution in [-0.2, 0) is 4.79 Å². The molecule has 0 aliphatic rings. The van der Waals surface area contributed by atoms with E-state index in [9.17, 15) is 9.18 Å². The smallest absolute Gasteiger partial charge is 0.250 e. The van der Waals surface area contributed by atoms with E-state index in [4.69, 9.17) is 0 Å². The van der Waals surface area contributed by atoms with Crippen LogP contribution in [0.4, 0.5) is 10.1 Å². The Balaban J connectivity index is 2.13. The number of benzene rings is 2. The zero-order chi connectivity index (χ0) is 14.4. The minimum Gasteiger partial charge on any atom is -0.309 e. The lowest BCUT2D eigenvalue weighted by Gasteiger charge is -2.19. The summed E-state index contributed by atoms with van der Waals surface area (Å²) in [5.41, 5.74) is 1.66. The van der Waals surface area contributed by atoms with E-state index in [1.807, 2.05) is 37.3 Å². The second kappa shape index (κ2) is 6.66. The van der Waals surface area contributed by atoms with Crippen LogP contribution in [0.3, 0.4) is 0 Å². The highest BCUT2D eigenvalue weighted by Crippen LogP contribution is 2.15. The topological polar surface area (TPSA) is 20.3 Å². The first-order valence-corrected chi connectivity index (χ1v) is 6.51. The van der Waals surface area contributed by atoms with Gasteiger partial charge in [-0.2, -0.15) is 0 Å². The molecule has 0 saturated carbocycles. The number of rotatable bonds is 4. The molecule has 2 aromatic rings. The Morgan fingerprint density at radius 1 is 1.10 bits per heavy atom. The molecule has 0 atom stereocenters. The zero-order valence-electron chi connectivity index (χ0n) is 11.3. The fourth-order valence-electron chi connectivity index (χ4n) is 1.91. The molecule has 3 heteroatoms. The highest BCUT2D eigenvalue weighted by molar-refractivity contribution is 6.03. The largest absolute Gasteiger partial charge is 0.309 e. The number of nitrogens with zero attached hydrogens (tertiary/aromatic N) is 1. The molecule has 0 aliphatic carbocycles. The van der Waals surface area contributed by atoms with E-state index in [0.717, 1.165) is 5.56 Å². The highest BCUT2D eigenvalue weighted by Gasteiger charge is 2.10. The molecule has 0 fully saturated rings. The summed E-state index contributed by atoms with van der Waals surface area (Å²) < 4.78 is 12.9. The lowest BCUT2D eigenvalue weighted by atomic mass is 10.2. The molecule has 0 heterocycles. The quantitative estimate of drug-likeness (QED) is 0.771. The summed E-state index contributed by atoms with van der Waals surface area (Å²) >= 11 is 0. The number of likely N-dealkylation sites (N-methyl/N-ethyl adjacent to an activating group) is 1. The molecule has 0 unspecified atom stereocenters. The molecule has 2 rings (SSSR count). The van der Waals surface area contributed by atoms with Crippen molar-refractivity contribution in [3.63, 3.8) is 0 Å². The van der Waals surface area contributed by atoms with Gasteiger partial charge in [0.15, 0.2) is 0 Å². The summed E-state index contributed by atoms with van der Waals surface area (Å²) in [6, 6.07) is 15.5. The van der Waals surface area contributed by atoms with E-state index in [1.165, 1.54) is 18.2 Å². The first-order valence-electron chi connectivity index (χ1n) is 6.51. The Morgan fingerprint density at radius 3 is 2.35 bits per heavy atom. The van der Waals surface area contributed by atoms with Crippen molar-refractivity contribution in [2.45, 2.75) is 6.92 Å². The van der Waals surface area contributed by atoms with Crippen LogP contribution in [0.1, 0.15) is 12.5 Å². The molecule has 0 N–H and O–H groups in total. The predicted octanol–water partition coefficient (Wildman–Crippen LogP) is 3.89. The number of carbonyl (C=O) groups is 1. The molecular weight excluding hydrogens is 253 g/mol. The molecule has 2 nitrogen and oxygen atoms in total. The Morgan fingerprint density at radius 2 is 1.75 bits per heavy atom. The lowest BCUT2D eigenvalue weighted by molar-refractivity contribution is -0.114. The normalized spacial score (nSPS) is 10.7. The van der Waals surface area contributed by atoms with Crippen molar-refractivity contribution in [3.05, 3.63) is 72.1 Å². The summed E-state index contributed by atoms with van der Waals surface area (Å²) in [5.74, 6) is -0.431. The maximum atomic E-state index is 12.9. The van der Waals surface area contributed by atoms with Crippen LogP contribution in [0.2, 0.25) is 0 Å². The Bertz CT molecular complexity index is 590. The van der Waals surface area contributed by atoms with Crippen LogP contribution < -0.4 is 4.90 Å². The van der Waals surface area contributed by atoms with Gasteiger partial charge in [-0.05, 0) is 42.8 Å². The van der Waals surface area contributed by atoms with Gasteiger partial charge in [0.05, 0.1) is 0 Å². The Hall–Kier alpha value is -2.42. The first-order chi connectivity index (χ1) is 9.70. The summed E-state index contributed by atoms with van der Waals surface area (Å²) in [6.07, 6.45) is 3.30. The molecule has 20 heavy (non-hydrogen) atoms. The van der Waals surface area contributed by atoms with E-state index in [1.54, 1.807) is 23.1 Å². The van der Waals surface area contributed by atoms with Crippen molar-refractivity contribution in [2.24, 2.45) is 0 Å². The van der Waals surface area contributed by atoms with E-state index in [0.29, 0.717) is 12.2 Å². The van der Waals surface area contributed by atoms with Gasteiger partial charge in [0.2, 0.25) is 0 Å². The van der Waals surface area contributed by atoms with Crippen molar-refractivity contribution < 1.29 is 9.18 Å². The number of hydrogen-bond donors (Lipinski definition) is 0. The third kappa shape index (κ3) is 3.54. The second-order valence-electron chi connectivity index (χ2n) is 4.30. The summed E-state index contributed by atoms with van der Waals surface area (Å²) in [7, 11) is 0. The third-order valence-electron chi connectivity index (χ3n) is 2.94. The van der Waals surface area contributed by atoms with Gasteiger partial charge in [-0.1, -0.05) is 30.3 Å². The molecule has 0 saturated heterocycles. The van der Waals surface area contributed by atoms with Gasteiger partial charge >= 0.3 is 0 Å². The van der Waals surface area contributed by atoms with Gasteiger partial charge in [0.25, 0.3) is 5.91 Å². The zero-order valence-corrected chi connectivity index (χ0v) is 11.3. The minimum absolute atomic E-state index is 0.122. The minimum atomic E-state index is -0.308. The molecule has 2 aromatic carbocycles. The van der Waals surface area contributed by atoms with Crippen LogP contribution in [0.25, 0.3) is 6.08 Å². The Kier molecular flexibility index (Phi) is 4.66. The van der Waals surface area contributed by atoms with E-state index < -0.39 is 0 Å². The number of hydrogen-bond acceptors (Lipinski definition) is 1. The van der Waals surface area contributed by atoms with Crippen molar-refractivity contribution in [2.75, 3.05) is 11.4 Å². The molecule has 102 valence electrons. The fraction of sp³-hybridized carbons (Fsp3) is 0.118. The standard InChI is InChI=1S/C17H16FNO/c1-2-19(16-11-9-15(18)10-12-16)17(20)13-8-14-6-4-3-5-7-14/h3-13H,2H2,1H3/b13-8+. The summed E-state index contributed by atoms with van der Waals surface area (Å²) in [4.78, 5) is 13.8. The summed E-state index contributed by atoms with van der Waals surface area (Å²) in [6.45, 7) is 2.42. The average molecular weight is 269 g/mol. The number of amides is 1. The van der Waals surface area contributed by atoms with Crippen LogP contribution in [-0.4, -0.2) is 12.5 Å². The lowest BCUT2D eigenvalue weighted by Crippen LogP contribution is -2.28. The SMILES string of the molecule is CCN(C(=O)/C=C/c1ccccc1)c1ccc(F)cc1. The van der Waals surface area contributed by atoms with Crippen LogP contribution in [0.5, 0.6) is 0 Å². The van der Waals surface area contributed by atoms with E-state index in [2.05, 4.69) is 0 Å². The predicted molar refractivity (Wildman–Crippen MR) is 79.9 cm³/mol. The van der Waals surface area contributed by atoms with Gasteiger partial charge < -0.3 is 4.90 Å². The molecule has 0 aliphatic heterocycles. The van der Waals surface area contributed by atoms with Crippen molar-refractivity contribution in [1.82, 2.24) is 0 Å². The van der Waals surface area contributed by atoms with Crippen LogP contribution in [0.15, 0.2) is 60.7 Å².